The van der Waals surface area contributed by atoms with Gasteiger partial charge in [0, 0.05) is 19.4 Å². The summed E-state index contributed by atoms with van der Waals surface area (Å²) in [5.74, 6) is -1.47. The minimum absolute atomic E-state index is 0.0120. The molecule has 0 aliphatic rings. The Labute approximate surface area is 88.5 Å². The lowest BCUT2D eigenvalue weighted by Gasteiger charge is -2.14. The van der Waals surface area contributed by atoms with Crippen LogP contribution >= 0.6 is 0 Å². The number of aliphatic carboxylic acids is 1. The maximum Gasteiger partial charge on any atom is 0.326 e. The quantitative estimate of drug-likeness (QED) is 0.434. The standard InChI is InChI=1S/C9H18N2O4/c1-6(5-10)4-8(13)11-7(2-3-12)9(14)15/h6-7,12H,2-5,10H2,1H3,(H,11,13)(H,14,15)/t6?,7-/m1/s1. The number of nitrogens with one attached hydrogen (secondary N) is 1. The Morgan fingerprint density at radius 2 is 2.07 bits per heavy atom. The van der Waals surface area contributed by atoms with Crippen LogP contribution in [-0.2, 0) is 9.59 Å². The average molecular weight is 218 g/mol. The second-order valence-corrected chi connectivity index (χ2v) is 3.52. The van der Waals surface area contributed by atoms with Crippen molar-refractivity contribution in [2.24, 2.45) is 11.7 Å². The van der Waals surface area contributed by atoms with Gasteiger partial charge in [-0.1, -0.05) is 6.92 Å². The number of hydrogen-bond donors (Lipinski definition) is 4. The molecule has 2 atom stereocenters. The summed E-state index contributed by atoms with van der Waals surface area (Å²) in [5, 5.41) is 19.6. The molecule has 0 aromatic rings. The Kier molecular flexibility index (Phi) is 6.64. The van der Waals surface area contributed by atoms with E-state index in [9.17, 15) is 9.59 Å². The summed E-state index contributed by atoms with van der Waals surface area (Å²) < 4.78 is 0. The minimum atomic E-state index is -1.14. The van der Waals surface area contributed by atoms with E-state index in [1.807, 2.05) is 0 Å². The van der Waals surface area contributed by atoms with Gasteiger partial charge >= 0.3 is 5.97 Å². The number of hydrogen-bond acceptors (Lipinski definition) is 4. The topological polar surface area (TPSA) is 113 Å². The Morgan fingerprint density at radius 1 is 1.47 bits per heavy atom. The molecule has 0 saturated heterocycles. The number of nitrogens with two attached hydrogens (primary N) is 1. The molecule has 0 saturated carbocycles. The molecule has 0 fully saturated rings. The molecule has 0 aliphatic carbocycles. The van der Waals surface area contributed by atoms with Gasteiger partial charge in [-0.15, -0.1) is 0 Å². The normalized spacial score (nSPS) is 14.3. The zero-order valence-electron chi connectivity index (χ0n) is 8.77. The molecule has 0 bridgehead atoms. The average Bonchev–Trinajstić information content (AvgIpc) is 2.16. The fourth-order valence-electron chi connectivity index (χ4n) is 1.04. The van der Waals surface area contributed by atoms with E-state index in [4.69, 9.17) is 15.9 Å². The zero-order chi connectivity index (χ0) is 11.8. The third-order valence-corrected chi connectivity index (χ3v) is 1.99. The molecule has 0 radical (unpaired) electrons. The largest absolute Gasteiger partial charge is 0.480 e. The maximum absolute atomic E-state index is 11.3. The highest BCUT2D eigenvalue weighted by molar-refractivity contribution is 5.83. The first kappa shape index (κ1) is 13.9. The van der Waals surface area contributed by atoms with Crippen LogP contribution in [0.15, 0.2) is 0 Å². The highest BCUT2D eigenvalue weighted by atomic mass is 16.4. The Bertz CT molecular complexity index is 220. The molecular weight excluding hydrogens is 200 g/mol. The van der Waals surface area contributed by atoms with E-state index in [-0.39, 0.29) is 31.3 Å². The number of carboxylic acids is 1. The first-order valence-electron chi connectivity index (χ1n) is 4.84. The number of amides is 1. The molecule has 0 rings (SSSR count). The fraction of sp³-hybridized carbons (Fsp3) is 0.778. The third-order valence-electron chi connectivity index (χ3n) is 1.99. The van der Waals surface area contributed by atoms with Crippen molar-refractivity contribution in [1.82, 2.24) is 5.32 Å². The maximum atomic E-state index is 11.3. The highest BCUT2D eigenvalue weighted by Gasteiger charge is 2.19. The van der Waals surface area contributed by atoms with Crippen molar-refractivity contribution in [3.63, 3.8) is 0 Å². The van der Waals surface area contributed by atoms with Crippen molar-refractivity contribution < 1.29 is 19.8 Å². The van der Waals surface area contributed by atoms with Gasteiger partial charge in [-0.05, 0) is 12.5 Å². The van der Waals surface area contributed by atoms with E-state index < -0.39 is 12.0 Å². The lowest BCUT2D eigenvalue weighted by Crippen LogP contribution is -2.42. The smallest absolute Gasteiger partial charge is 0.326 e. The monoisotopic (exact) mass is 218 g/mol. The SMILES string of the molecule is CC(CN)CC(=O)N[C@H](CCO)C(=O)O. The van der Waals surface area contributed by atoms with Gasteiger partial charge in [-0.3, -0.25) is 4.79 Å². The number of carboxylic acid groups (broad SMARTS) is 1. The fourth-order valence-corrected chi connectivity index (χ4v) is 1.04. The van der Waals surface area contributed by atoms with Gasteiger partial charge in [0.25, 0.3) is 0 Å². The second kappa shape index (κ2) is 7.19. The van der Waals surface area contributed by atoms with Gasteiger partial charge in [0.2, 0.25) is 5.91 Å². The first-order valence-corrected chi connectivity index (χ1v) is 4.84. The molecule has 1 amide bonds. The predicted molar refractivity (Wildman–Crippen MR) is 54.1 cm³/mol. The van der Waals surface area contributed by atoms with Crippen molar-refractivity contribution in [3.05, 3.63) is 0 Å². The van der Waals surface area contributed by atoms with Crippen molar-refractivity contribution in [2.75, 3.05) is 13.2 Å². The molecule has 0 aromatic heterocycles. The molecule has 15 heavy (non-hydrogen) atoms. The van der Waals surface area contributed by atoms with E-state index in [0.29, 0.717) is 6.54 Å². The van der Waals surface area contributed by atoms with Crippen LogP contribution in [0, 0.1) is 5.92 Å². The molecule has 0 spiro atoms. The summed E-state index contributed by atoms with van der Waals surface area (Å²) in [5.41, 5.74) is 5.33. The number of rotatable bonds is 7. The van der Waals surface area contributed by atoms with Gasteiger partial charge in [0.05, 0.1) is 0 Å². The second-order valence-electron chi connectivity index (χ2n) is 3.52. The van der Waals surface area contributed by atoms with E-state index in [1.165, 1.54) is 0 Å². The van der Waals surface area contributed by atoms with E-state index in [0.717, 1.165) is 0 Å². The molecule has 0 heterocycles. The van der Waals surface area contributed by atoms with Crippen LogP contribution in [0.25, 0.3) is 0 Å². The molecule has 0 aliphatic heterocycles. The van der Waals surface area contributed by atoms with Crippen molar-refractivity contribution in [1.29, 1.82) is 0 Å². The third kappa shape index (κ3) is 6.03. The zero-order valence-corrected chi connectivity index (χ0v) is 8.77. The molecule has 88 valence electrons. The van der Waals surface area contributed by atoms with E-state index in [1.54, 1.807) is 6.92 Å². The number of aliphatic hydroxyl groups is 1. The van der Waals surface area contributed by atoms with Crippen LogP contribution in [0.1, 0.15) is 19.8 Å². The Balaban J connectivity index is 4.05. The number of carbonyl (C=O) groups excluding carboxylic acids is 1. The number of carbonyl (C=O) groups is 2. The summed E-state index contributed by atoms with van der Waals surface area (Å²) >= 11 is 0. The van der Waals surface area contributed by atoms with Crippen LogP contribution in [-0.4, -0.2) is 41.3 Å². The summed E-state index contributed by atoms with van der Waals surface area (Å²) in [6.07, 6.45) is 0.212. The lowest BCUT2D eigenvalue weighted by atomic mass is 10.1. The highest BCUT2D eigenvalue weighted by Crippen LogP contribution is 2.00. The van der Waals surface area contributed by atoms with Gasteiger partial charge in [-0.25, -0.2) is 4.79 Å². The molecule has 5 N–H and O–H groups in total. The van der Waals surface area contributed by atoms with Crippen molar-refractivity contribution in [2.45, 2.75) is 25.8 Å². The summed E-state index contributed by atoms with van der Waals surface area (Å²) in [6.45, 7) is 1.91. The van der Waals surface area contributed by atoms with Crippen LogP contribution in [0.2, 0.25) is 0 Å². The molecule has 1 unspecified atom stereocenters. The van der Waals surface area contributed by atoms with Crippen LogP contribution in [0.4, 0.5) is 0 Å². The summed E-state index contributed by atoms with van der Waals surface area (Å²) in [7, 11) is 0. The predicted octanol–water partition coefficient (Wildman–Crippen LogP) is -1.08. The molecule has 0 aromatic carbocycles. The van der Waals surface area contributed by atoms with E-state index in [2.05, 4.69) is 5.32 Å². The lowest BCUT2D eigenvalue weighted by molar-refractivity contribution is -0.142. The van der Waals surface area contributed by atoms with Gasteiger partial charge in [0.1, 0.15) is 6.04 Å². The van der Waals surface area contributed by atoms with Crippen LogP contribution in [0.5, 0.6) is 0 Å². The first-order chi connectivity index (χ1) is 7.01. The number of aliphatic hydroxyl groups excluding tert-OH is 1. The van der Waals surface area contributed by atoms with Crippen molar-refractivity contribution in [3.8, 4) is 0 Å². The summed E-state index contributed by atoms with van der Waals surface area (Å²) in [4.78, 5) is 21.9. The summed E-state index contributed by atoms with van der Waals surface area (Å²) in [6, 6.07) is -1.02. The van der Waals surface area contributed by atoms with Gasteiger partial charge < -0.3 is 21.3 Å². The Hall–Kier alpha value is -1.14. The van der Waals surface area contributed by atoms with Gasteiger partial charge in [0.15, 0.2) is 0 Å². The molecule has 6 nitrogen and oxygen atoms in total. The minimum Gasteiger partial charge on any atom is -0.480 e. The molecular formula is C9H18N2O4. The Morgan fingerprint density at radius 3 is 2.47 bits per heavy atom. The van der Waals surface area contributed by atoms with Crippen LogP contribution in [0.3, 0.4) is 0 Å². The van der Waals surface area contributed by atoms with Gasteiger partial charge in [-0.2, -0.15) is 0 Å². The van der Waals surface area contributed by atoms with Crippen LogP contribution < -0.4 is 11.1 Å². The van der Waals surface area contributed by atoms with E-state index >= 15 is 0 Å². The van der Waals surface area contributed by atoms with Crippen molar-refractivity contribution >= 4 is 11.9 Å². The molecule has 6 heteroatoms.